The molecule has 2 fully saturated rings. The third-order valence-electron chi connectivity index (χ3n) is 4.78. The lowest BCUT2D eigenvalue weighted by Gasteiger charge is -2.46. The molecule has 132 valence electrons. The average molecular weight is 346 g/mol. The van der Waals surface area contributed by atoms with Crippen LogP contribution in [-0.2, 0) is 9.59 Å². The molecule has 2 saturated heterocycles. The van der Waals surface area contributed by atoms with Crippen molar-refractivity contribution in [3.63, 3.8) is 0 Å². The molecule has 0 bridgehead atoms. The van der Waals surface area contributed by atoms with E-state index in [1.165, 1.54) is 0 Å². The normalized spacial score (nSPS) is 30.1. The molecule has 2 heterocycles. The molecule has 0 aromatic carbocycles. The first-order chi connectivity index (χ1) is 11.0. The molecule has 3 atom stereocenters. The number of carbonyl (C=O) groups excluding carboxylic acids is 2. The number of amides is 2. The van der Waals surface area contributed by atoms with E-state index in [4.69, 9.17) is 11.6 Å². The van der Waals surface area contributed by atoms with E-state index in [0.717, 1.165) is 32.7 Å². The van der Waals surface area contributed by atoms with Gasteiger partial charge in [-0.3, -0.25) is 24.8 Å². The number of rotatable bonds is 5. The van der Waals surface area contributed by atoms with Crippen molar-refractivity contribution in [2.45, 2.75) is 38.2 Å². The Labute approximate surface area is 143 Å². The van der Waals surface area contributed by atoms with Crippen molar-refractivity contribution in [3.8, 4) is 0 Å². The summed E-state index contributed by atoms with van der Waals surface area (Å²) in [6, 6.07) is 0.244. The minimum atomic E-state index is -0.539. The fourth-order valence-corrected chi connectivity index (χ4v) is 3.71. The van der Waals surface area contributed by atoms with E-state index in [0.29, 0.717) is 13.1 Å². The van der Waals surface area contributed by atoms with Gasteiger partial charge in [0.25, 0.3) is 5.91 Å². The van der Waals surface area contributed by atoms with Crippen molar-refractivity contribution in [1.82, 2.24) is 25.6 Å². The lowest BCUT2D eigenvalue weighted by Crippen LogP contribution is -2.66. The van der Waals surface area contributed by atoms with E-state index in [2.05, 4.69) is 27.6 Å². The van der Waals surface area contributed by atoms with E-state index in [9.17, 15) is 9.59 Å². The van der Waals surface area contributed by atoms with E-state index >= 15 is 0 Å². The Morgan fingerprint density at radius 3 is 2.65 bits per heavy atom. The third kappa shape index (κ3) is 4.35. The van der Waals surface area contributed by atoms with Crippen LogP contribution in [0, 0.1) is 0 Å². The number of halogens is 1. The van der Waals surface area contributed by atoms with Gasteiger partial charge in [-0.25, -0.2) is 5.43 Å². The van der Waals surface area contributed by atoms with Gasteiger partial charge in [0, 0.05) is 51.4 Å². The van der Waals surface area contributed by atoms with Crippen molar-refractivity contribution in [2.75, 3.05) is 45.8 Å². The molecule has 8 heteroatoms. The fourth-order valence-electron chi connectivity index (χ4n) is 3.43. The van der Waals surface area contributed by atoms with Gasteiger partial charge in [0.1, 0.15) is 5.38 Å². The van der Waals surface area contributed by atoms with E-state index < -0.39 is 5.38 Å². The molecule has 0 aliphatic carbocycles. The summed E-state index contributed by atoms with van der Waals surface area (Å²) in [5.74, 6) is 0.0128. The van der Waals surface area contributed by atoms with Crippen LogP contribution in [0.2, 0.25) is 0 Å². The van der Waals surface area contributed by atoms with Crippen molar-refractivity contribution in [1.29, 1.82) is 0 Å². The van der Waals surface area contributed by atoms with Crippen molar-refractivity contribution < 1.29 is 9.59 Å². The highest BCUT2D eigenvalue weighted by molar-refractivity contribution is 6.31. The molecule has 0 aromatic heterocycles. The molecular weight excluding hydrogens is 318 g/mol. The van der Waals surface area contributed by atoms with Crippen molar-refractivity contribution >= 4 is 23.4 Å². The molecule has 0 spiro atoms. The number of nitrogens with zero attached hydrogens (tertiary/aromatic N) is 3. The Balaban J connectivity index is 1.89. The van der Waals surface area contributed by atoms with E-state index in [-0.39, 0.29) is 23.9 Å². The Bertz CT molecular complexity index is 432. The van der Waals surface area contributed by atoms with E-state index in [1.807, 2.05) is 18.7 Å². The quantitative estimate of drug-likeness (QED) is 0.656. The summed E-state index contributed by atoms with van der Waals surface area (Å²) in [6.07, 6.45) is 0. The predicted molar refractivity (Wildman–Crippen MR) is 90.1 cm³/mol. The molecule has 0 aromatic rings. The summed E-state index contributed by atoms with van der Waals surface area (Å²) in [5, 5.41) is -0.539. The van der Waals surface area contributed by atoms with Gasteiger partial charge in [0.15, 0.2) is 0 Å². The summed E-state index contributed by atoms with van der Waals surface area (Å²) in [5.41, 5.74) is 5.47. The molecule has 2 unspecified atom stereocenters. The highest BCUT2D eigenvalue weighted by Gasteiger charge is 2.38. The zero-order valence-corrected chi connectivity index (χ0v) is 15.0. The highest BCUT2D eigenvalue weighted by Crippen LogP contribution is 2.19. The Hall–Kier alpha value is -0.890. The second-order valence-electron chi connectivity index (χ2n) is 6.23. The summed E-state index contributed by atoms with van der Waals surface area (Å²) in [4.78, 5) is 30.3. The molecule has 23 heavy (non-hydrogen) atoms. The van der Waals surface area contributed by atoms with E-state index in [1.54, 1.807) is 0 Å². The lowest BCUT2D eigenvalue weighted by atomic mass is 10.0. The average Bonchev–Trinajstić information content (AvgIpc) is 2.52. The van der Waals surface area contributed by atoms with Gasteiger partial charge in [0.2, 0.25) is 5.91 Å². The first kappa shape index (κ1) is 18.4. The Morgan fingerprint density at radius 1 is 1.35 bits per heavy atom. The summed E-state index contributed by atoms with van der Waals surface area (Å²) in [7, 11) is 0. The smallest absolute Gasteiger partial charge is 0.253 e. The van der Waals surface area contributed by atoms with Crippen LogP contribution in [0.5, 0.6) is 0 Å². The highest BCUT2D eigenvalue weighted by atomic mass is 35.5. The molecule has 0 radical (unpaired) electrons. The van der Waals surface area contributed by atoms with Gasteiger partial charge in [-0.2, -0.15) is 0 Å². The number of nitrogens with one attached hydrogen (secondary N) is 2. The number of carbonyl (C=O) groups is 2. The molecule has 7 nitrogen and oxygen atoms in total. The molecule has 0 saturated carbocycles. The van der Waals surface area contributed by atoms with Crippen LogP contribution in [0.1, 0.15) is 20.8 Å². The first-order valence-corrected chi connectivity index (χ1v) is 8.84. The zero-order valence-electron chi connectivity index (χ0n) is 14.2. The van der Waals surface area contributed by atoms with Crippen LogP contribution >= 0.6 is 11.6 Å². The van der Waals surface area contributed by atoms with Gasteiger partial charge in [-0.1, -0.05) is 0 Å². The largest absolute Gasteiger partial charge is 0.342 e. The molecule has 2 aliphatic rings. The third-order valence-corrected chi connectivity index (χ3v) is 5.26. The summed E-state index contributed by atoms with van der Waals surface area (Å²) in [6.45, 7) is 11.2. The number of hydrogen-bond donors (Lipinski definition) is 2. The SMILES string of the molecule is CCN(CC)C(=O)CN1CCN(C2CNNC(=O)C2Cl)[C@H](C)C1. The number of likely N-dealkylation sites (N-methyl/N-ethyl adjacent to an activating group) is 1. The van der Waals surface area contributed by atoms with Crippen LogP contribution in [-0.4, -0.2) is 89.8 Å². The fraction of sp³-hybridized carbons (Fsp3) is 0.867. The molecular formula is C15H28ClN5O2. The van der Waals surface area contributed by atoms with Crippen LogP contribution in [0.25, 0.3) is 0 Å². The molecule has 2 aliphatic heterocycles. The number of hydrogen-bond acceptors (Lipinski definition) is 5. The van der Waals surface area contributed by atoms with Gasteiger partial charge in [0.05, 0.1) is 6.54 Å². The first-order valence-electron chi connectivity index (χ1n) is 8.40. The monoisotopic (exact) mass is 345 g/mol. The lowest BCUT2D eigenvalue weighted by molar-refractivity contribution is -0.132. The minimum Gasteiger partial charge on any atom is -0.342 e. The Kier molecular flexibility index (Phi) is 6.64. The van der Waals surface area contributed by atoms with Gasteiger partial charge in [-0.15, -0.1) is 11.6 Å². The molecule has 2 amide bonds. The van der Waals surface area contributed by atoms with Gasteiger partial charge < -0.3 is 4.90 Å². The maximum Gasteiger partial charge on any atom is 0.253 e. The molecule has 2 N–H and O–H groups in total. The molecule has 2 rings (SSSR count). The van der Waals surface area contributed by atoms with Crippen LogP contribution in [0.3, 0.4) is 0 Å². The summed E-state index contributed by atoms with van der Waals surface area (Å²) >= 11 is 6.26. The maximum absolute atomic E-state index is 12.2. The van der Waals surface area contributed by atoms with Crippen LogP contribution < -0.4 is 10.9 Å². The number of hydrazine groups is 1. The van der Waals surface area contributed by atoms with Gasteiger partial charge in [-0.05, 0) is 20.8 Å². The topological polar surface area (TPSA) is 67.9 Å². The maximum atomic E-state index is 12.2. The number of alkyl halides is 1. The predicted octanol–water partition coefficient (Wildman–Crippen LogP) is -0.529. The standard InChI is InChI=1S/C15H28ClN5O2/c1-4-20(5-2)13(22)10-19-6-7-21(11(3)9-19)12-8-17-18-15(23)14(12)16/h11-12,14,17H,4-10H2,1-3H3,(H,18,23)/t11-,12?,14?/m1/s1. The second-order valence-corrected chi connectivity index (χ2v) is 6.70. The van der Waals surface area contributed by atoms with Gasteiger partial charge >= 0.3 is 0 Å². The van der Waals surface area contributed by atoms with Crippen LogP contribution in [0.15, 0.2) is 0 Å². The number of piperazine rings is 1. The minimum absolute atomic E-state index is 0.0129. The Morgan fingerprint density at radius 2 is 2.04 bits per heavy atom. The summed E-state index contributed by atoms with van der Waals surface area (Å²) < 4.78 is 0. The second kappa shape index (κ2) is 8.28. The van der Waals surface area contributed by atoms with Crippen molar-refractivity contribution in [2.24, 2.45) is 0 Å². The zero-order chi connectivity index (χ0) is 17.0. The van der Waals surface area contributed by atoms with Crippen molar-refractivity contribution in [3.05, 3.63) is 0 Å². The van der Waals surface area contributed by atoms with Crippen LogP contribution in [0.4, 0.5) is 0 Å².